The molecule has 0 aromatic heterocycles. The number of ether oxygens (including phenoxy) is 3. The van der Waals surface area contributed by atoms with Crippen molar-refractivity contribution in [1.29, 1.82) is 0 Å². The first-order valence-electron chi connectivity index (χ1n) is 7.67. The average molecular weight is 373 g/mol. The first-order chi connectivity index (χ1) is 11.6. The standard InChI is InChI=1S/C15H20NO8P/c1-15(2)23-12-10(7-21-25(18,19)20)22-11(13(12)24-15)8-4-3-5-9(6-8)14(16)17/h3-6,10-13H,7H2,1-2H3,(H2,16,17)(H2,18,19,20)/t10-,11+,12?,13?/m1/s1. The van der Waals surface area contributed by atoms with Crippen molar-refractivity contribution < 1.29 is 37.9 Å². The molecule has 1 amide bonds. The van der Waals surface area contributed by atoms with E-state index >= 15 is 0 Å². The van der Waals surface area contributed by atoms with Crippen LogP contribution in [0.15, 0.2) is 24.3 Å². The minimum absolute atomic E-state index is 0.325. The van der Waals surface area contributed by atoms with Gasteiger partial charge in [-0.2, -0.15) is 0 Å². The van der Waals surface area contributed by atoms with E-state index in [-0.39, 0.29) is 6.61 Å². The molecule has 0 bridgehead atoms. The van der Waals surface area contributed by atoms with Crippen LogP contribution >= 0.6 is 7.82 Å². The van der Waals surface area contributed by atoms with Gasteiger partial charge in [0.15, 0.2) is 5.79 Å². The molecule has 1 aromatic carbocycles. The van der Waals surface area contributed by atoms with E-state index in [9.17, 15) is 9.36 Å². The van der Waals surface area contributed by atoms with Crippen molar-refractivity contribution in [3.8, 4) is 0 Å². The van der Waals surface area contributed by atoms with E-state index in [1.54, 1.807) is 38.1 Å². The summed E-state index contributed by atoms with van der Waals surface area (Å²) in [6.07, 6.45) is -2.40. The van der Waals surface area contributed by atoms with E-state index in [1.165, 1.54) is 0 Å². The monoisotopic (exact) mass is 373 g/mol. The van der Waals surface area contributed by atoms with Gasteiger partial charge in [-0.15, -0.1) is 0 Å². The lowest BCUT2D eigenvalue weighted by Crippen LogP contribution is -2.32. The first-order valence-corrected chi connectivity index (χ1v) is 9.20. The number of phosphoric ester groups is 1. The molecule has 2 heterocycles. The van der Waals surface area contributed by atoms with Crippen LogP contribution in [-0.4, -0.2) is 46.4 Å². The van der Waals surface area contributed by atoms with Crippen molar-refractivity contribution in [2.75, 3.05) is 6.61 Å². The summed E-state index contributed by atoms with van der Waals surface area (Å²) in [6, 6.07) is 6.62. The van der Waals surface area contributed by atoms with Gasteiger partial charge in [0.05, 0.1) is 6.61 Å². The summed E-state index contributed by atoms with van der Waals surface area (Å²) >= 11 is 0. The zero-order chi connectivity index (χ0) is 18.4. The van der Waals surface area contributed by atoms with E-state index < -0.39 is 43.9 Å². The molecule has 25 heavy (non-hydrogen) atoms. The maximum absolute atomic E-state index is 11.4. The Balaban J connectivity index is 1.86. The SMILES string of the molecule is CC1(C)OC2C(O1)[C@H](c1cccc(C(N)=O)c1)O[C@@H]2COP(=O)(O)O. The van der Waals surface area contributed by atoms with E-state index in [0.29, 0.717) is 11.1 Å². The minimum Gasteiger partial charge on any atom is -0.366 e. The molecule has 2 fully saturated rings. The highest BCUT2D eigenvalue weighted by Crippen LogP contribution is 2.46. The number of fused-ring (bicyclic) bond motifs is 1. The Morgan fingerprint density at radius 2 is 2.00 bits per heavy atom. The Morgan fingerprint density at radius 3 is 2.64 bits per heavy atom. The number of primary amides is 1. The first kappa shape index (κ1) is 18.5. The molecule has 0 radical (unpaired) electrons. The molecule has 9 nitrogen and oxygen atoms in total. The summed E-state index contributed by atoms with van der Waals surface area (Å²) < 4.78 is 33.1. The fourth-order valence-electron chi connectivity index (χ4n) is 3.12. The molecule has 3 rings (SSSR count). The molecule has 10 heteroatoms. The molecular weight excluding hydrogens is 353 g/mol. The molecule has 1 aromatic rings. The molecule has 2 unspecified atom stereocenters. The molecule has 0 saturated carbocycles. The second-order valence-corrected chi connectivity index (χ2v) is 7.68. The molecule has 0 aliphatic carbocycles. The molecule has 138 valence electrons. The fourth-order valence-corrected chi connectivity index (χ4v) is 3.47. The summed E-state index contributed by atoms with van der Waals surface area (Å²) in [5.41, 5.74) is 6.30. The molecule has 2 aliphatic heterocycles. The number of rotatable bonds is 5. The Labute approximate surface area is 144 Å². The van der Waals surface area contributed by atoms with Gasteiger partial charge in [0.1, 0.15) is 24.4 Å². The van der Waals surface area contributed by atoms with Crippen LogP contribution in [0.4, 0.5) is 0 Å². The van der Waals surface area contributed by atoms with Crippen LogP contribution in [0.3, 0.4) is 0 Å². The molecular formula is C15H20NO8P. The van der Waals surface area contributed by atoms with Gasteiger partial charge in [0, 0.05) is 5.56 Å². The predicted molar refractivity (Wildman–Crippen MR) is 84.4 cm³/mol. The third-order valence-electron chi connectivity index (χ3n) is 4.06. The number of amides is 1. The third kappa shape index (κ3) is 4.09. The second kappa shape index (κ2) is 6.44. The normalized spacial score (nSPS) is 31.0. The Kier molecular flexibility index (Phi) is 4.76. The number of benzene rings is 1. The lowest BCUT2D eigenvalue weighted by molar-refractivity contribution is -0.190. The van der Waals surface area contributed by atoms with Crippen molar-refractivity contribution in [2.45, 2.75) is 44.1 Å². The van der Waals surface area contributed by atoms with Crippen molar-refractivity contribution >= 4 is 13.7 Å². The van der Waals surface area contributed by atoms with Crippen LogP contribution in [0.2, 0.25) is 0 Å². The van der Waals surface area contributed by atoms with Gasteiger partial charge < -0.3 is 29.7 Å². The maximum atomic E-state index is 11.4. The van der Waals surface area contributed by atoms with Gasteiger partial charge in [-0.3, -0.25) is 9.32 Å². The third-order valence-corrected chi connectivity index (χ3v) is 4.54. The van der Waals surface area contributed by atoms with Crippen LogP contribution in [0, 0.1) is 0 Å². The van der Waals surface area contributed by atoms with Gasteiger partial charge in [-0.25, -0.2) is 4.57 Å². The molecule has 4 N–H and O–H groups in total. The van der Waals surface area contributed by atoms with Crippen LogP contribution in [0.25, 0.3) is 0 Å². The lowest BCUT2D eigenvalue weighted by Gasteiger charge is -2.24. The van der Waals surface area contributed by atoms with Crippen molar-refractivity contribution in [2.24, 2.45) is 5.73 Å². The van der Waals surface area contributed by atoms with E-state index in [2.05, 4.69) is 4.52 Å². The summed E-state index contributed by atoms with van der Waals surface area (Å²) in [7, 11) is -4.64. The Hall–Kier alpha value is -1.32. The summed E-state index contributed by atoms with van der Waals surface area (Å²) in [4.78, 5) is 29.2. The number of nitrogens with two attached hydrogens (primary N) is 1. The summed E-state index contributed by atoms with van der Waals surface area (Å²) in [6.45, 7) is 3.13. The lowest BCUT2D eigenvalue weighted by atomic mass is 10.00. The topological polar surface area (TPSA) is 138 Å². The zero-order valence-electron chi connectivity index (χ0n) is 13.7. The largest absolute Gasteiger partial charge is 0.469 e. The number of hydrogen-bond acceptors (Lipinski definition) is 6. The highest BCUT2D eigenvalue weighted by atomic mass is 31.2. The Bertz CT molecular complexity index is 717. The van der Waals surface area contributed by atoms with E-state index in [1.807, 2.05) is 0 Å². The second-order valence-electron chi connectivity index (χ2n) is 6.44. The van der Waals surface area contributed by atoms with Crippen LogP contribution in [0.1, 0.15) is 35.9 Å². The molecule has 4 atom stereocenters. The minimum atomic E-state index is -4.64. The van der Waals surface area contributed by atoms with Crippen molar-refractivity contribution in [1.82, 2.24) is 0 Å². The summed E-state index contributed by atoms with van der Waals surface area (Å²) in [5.74, 6) is -1.44. The van der Waals surface area contributed by atoms with Gasteiger partial charge >= 0.3 is 7.82 Å². The maximum Gasteiger partial charge on any atom is 0.469 e. The Morgan fingerprint density at radius 1 is 1.32 bits per heavy atom. The molecule has 2 aliphatic rings. The number of carbonyl (C=O) groups excluding carboxylic acids is 1. The van der Waals surface area contributed by atoms with Crippen LogP contribution in [0.5, 0.6) is 0 Å². The fraction of sp³-hybridized carbons (Fsp3) is 0.533. The number of phosphoric acid groups is 1. The van der Waals surface area contributed by atoms with E-state index in [0.717, 1.165) is 0 Å². The predicted octanol–water partition coefficient (Wildman–Crippen LogP) is 0.855. The quantitative estimate of drug-likeness (QED) is 0.646. The van der Waals surface area contributed by atoms with Gasteiger partial charge in [0.25, 0.3) is 0 Å². The van der Waals surface area contributed by atoms with Gasteiger partial charge in [-0.05, 0) is 31.5 Å². The van der Waals surface area contributed by atoms with Crippen LogP contribution < -0.4 is 5.73 Å². The van der Waals surface area contributed by atoms with E-state index in [4.69, 9.17) is 29.7 Å². The highest BCUT2D eigenvalue weighted by molar-refractivity contribution is 7.46. The summed E-state index contributed by atoms with van der Waals surface area (Å²) in [5, 5.41) is 0. The zero-order valence-corrected chi connectivity index (χ0v) is 14.6. The van der Waals surface area contributed by atoms with Crippen molar-refractivity contribution in [3.63, 3.8) is 0 Å². The van der Waals surface area contributed by atoms with Gasteiger partial charge in [-0.1, -0.05) is 12.1 Å². The molecule has 2 saturated heterocycles. The van der Waals surface area contributed by atoms with Crippen molar-refractivity contribution in [3.05, 3.63) is 35.4 Å². The highest BCUT2D eigenvalue weighted by Gasteiger charge is 2.55. The van der Waals surface area contributed by atoms with Gasteiger partial charge in [0.2, 0.25) is 5.91 Å². The number of carbonyl (C=O) groups is 1. The number of hydrogen-bond donors (Lipinski definition) is 3. The molecule has 0 spiro atoms. The van der Waals surface area contributed by atoms with Crippen LogP contribution in [-0.2, 0) is 23.3 Å². The smallest absolute Gasteiger partial charge is 0.366 e. The average Bonchev–Trinajstić information content (AvgIpc) is 2.97.